The van der Waals surface area contributed by atoms with Crippen molar-refractivity contribution in [2.75, 3.05) is 33.4 Å². The molecule has 3 rings (SSSR count). The van der Waals surface area contributed by atoms with Gasteiger partial charge >= 0.3 is 0 Å². The molecule has 1 amide bonds. The van der Waals surface area contributed by atoms with E-state index >= 15 is 0 Å². The number of benzene rings is 1. The molecule has 2 heterocycles. The predicted molar refractivity (Wildman–Crippen MR) is 89.1 cm³/mol. The van der Waals surface area contributed by atoms with Crippen LogP contribution in [0.4, 0.5) is 0 Å². The summed E-state index contributed by atoms with van der Waals surface area (Å²) in [5.74, 6) is 1.46. The zero-order chi connectivity index (χ0) is 16.1. The van der Waals surface area contributed by atoms with Crippen LogP contribution in [-0.4, -0.2) is 44.2 Å². The topological polar surface area (TPSA) is 54.7 Å². The number of carbonyl (C=O) groups is 1. The number of furan rings is 1. The van der Waals surface area contributed by atoms with Gasteiger partial charge in [-0.25, -0.2) is 0 Å². The van der Waals surface area contributed by atoms with E-state index < -0.39 is 0 Å². The molecule has 1 N–H and O–H groups in total. The van der Waals surface area contributed by atoms with E-state index in [1.807, 2.05) is 18.2 Å². The fourth-order valence-corrected chi connectivity index (χ4v) is 3.24. The number of hydrogen-bond acceptors (Lipinski definition) is 4. The minimum Gasteiger partial charge on any atom is -0.460 e. The number of piperidine rings is 1. The van der Waals surface area contributed by atoms with Gasteiger partial charge in [-0.15, -0.1) is 0 Å². The number of fused-ring (bicyclic) bond motifs is 1. The summed E-state index contributed by atoms with van der Waals surface area (Å²) in [4.78, 5) is 13.9. The van der Waals surface area contributed by atoms with Gasteiger partial charge in [-0.2, -0.15) is 0 Å². The monoisotopic (exact) mass is 316 g/mol. The number of ether oxygens (including phenoxy) is 1. The number of hydrogen-bond donors (Lipinski definition) is 1. The molecule has 5 heteroatoms. The van der Waals surface area contributed by atoms with Crippen molar-refractivity contribution in [3.05, 3.63) is 36.1 Å². The number of carbonyl (C=O) groups excluding carboxylic acids is 1. The van der Waals surface area contributed by atoms with E-state index in [2.05, 4.69) is 22.3 Å². The molecule has 23 heavy (non-hydrogen) atoms. The third kappa shape index (κ3) is 4.33. The van der Waals surface area contributed by atoms with Gasteiger partial charge < -0.3 is 14.5 Å². The largest absolute Gasteiger partial charge is 0.460 e. The van der Waals surface area contributed by atoms with Crippen LogP contribution in [0.25, 0.3) is 11.0 Å². The Morgan fingerprint density at radius 2 is 2.30 bits per heavy atom. The zero-order valence-electron chi connectivity index (χ0n) is 13.6. The maximum absolute atomic E-state index is 11.5. The predicted octanol–water partition coefficient (Wildman–Crippen LogP) is 2.41. The van der Waals surface area contributed by atoms with E-state index in [1.165, 1.54) is 7.11 Å². The van der Waals surface area contributed by atoms with E-state index in [-0.39, 0.29) is 12.5 Å². The Morgan fingerprint density at radius 3 is 3.13 bits per heavy atom. The van der Waals surface area contributed by atoms with E-state index in [0.717, 1.165) is 55.8 Å². The number of para-hydroxylation sites is 1. The Kier molecular flexibility index (Phi) is 5.31. The molecular formula is C18H24N2O3. The molecule has 0 aliphatic carbocycles. The molecule has 0 unspecified atom stereocenters. The van der Waals surface area contributed by atoms with Crippen molar-refractivity contribution in [1.82, 2.24) is 10.2 Å². The molecule has 0 bridgehead atoms. The Morgan fingerprint density at radius 1 is 1.43 bits per heavy atom. The molecule has 1 aliphatic heterocycles. The van der Waals surface area contributed by atoms with Crippen molar-refractivity contribution < 1.29 is 13.9 Å². The van der Waals surface area contributed by atoms with Gasteiger partial charge in [0.1, 0.15) is 18.0 Å². The lowest BCUT2D eigenvalue weighted by Crippen LogP contribution is -2.41. The van der Waals surface area contributed by atoms with Gasteiger partial charge in [-0.05, 0) is 37.4 Å². The highest BCUT2D eigenvalue weighted by atomic mass is 16.5. The first-order valence-electron chi connectivity index (χ1n) is 8.20. The molecule has 1 atom stereocenters. The van der Waals surface area contributed by atoms with Crippen molar-refractivity contribution in [1.29, 1.82) is 0 Å². The smallest absolute Gasteiger partial charge is 0.245 e. The summed E-state index contributed by atoms with van der Waals surface area (Å²) < 4.78 is 10.7. The highest BCUT2D eigenvalue weighted by Crippen LogP contribution is 2.22. The summed E-state index contributed by atoms with van der Waals surface area (Å²) in [6.45, 7) is 3.76. The van der Waals surface area contributed by atoms with Crippen molar-refractivity contribution in [3.63, 3.8) is 0 Å². The molecule has 1 aromatic carbocycles. The van der Waals surface area contributed by atoms with Crippen molar-refractivity contribution >= 4 is 16.9 Å². The van der Waals surface area contributed by atoms with E-state index in [0.29, 0.717) is 5.92 Å². The van der Waals surface area contributed by atoms with Crippen molar-refractivity contribution in [2.24, 2.45) is 5.92 Å². The number of amides is 1. The Labute approximate surface area is 136 Å². The quantitative estimate of drug-likeness (QED) is 0.889. The van der Waals surface area contributed by atoms with Crippen LogP contribution >= 0.6 is 0 Å². The maximum Gasteiger partial charge on any atom is 0.245 e. The van der Waals surface area contributed by atoms with Crippen LogP contribution in [0, 0.1) is 5.92 Å². The molecule has 0 radical (unpaired) electrons. The van der Waals surface area contributed by atoms with E-state index in [4.69, 9.17) is 9.15 Å². The number of nitrogens with one attached hydrogen (secondary N) is 1. The van der Waals surface area contributed by atoms with Crippen LogP contribution in [0.15, 0.2) is 34.7 Å². The lowest BCUT2D eigenvalue weighted by atomic mass is 9.98. The van der Waals surface area contributed by atoms with Gasteiger partial charge in [0.05, 0.1) is 6.54 Å². The average Bonchev–Trinajstić information content (AvgIpc) is 2.96. The second-order valence-corrected chi connectivity index (χ2v) is 6.23. The maximum atomic E-state index is 11.5. The molecule has 1 saturated heterocycles. The number of methoxy groups -OCH3 is 1. The van der Waals surface area contributed by atoms with Crippen LogP contribution in [0.1, 0.15) is 18.6 Å². The van der Waals surface area contributed by atoms with Crippen LogP contribution in [0.3, 0.4) is 0 Å². The summed E-state index contributed by atoms with van der Waals surface area (Å²) in [6, 6.07) is 10.2. The molecule has 124 valence electrons. The molecular weight excluding hydrogens is 292 g/mol. The van der Waals surface area contributed by atoms with Gasteiger partial charge in [0, 0.05) is 25.6 Å². The van der Waals surface area contributed by atoms with Gasteiger partial charge in [0.2, 0.25) is 5.91 Å². The summed E-state index contributed by atoms with van der Waals surface area (Å²) in [7, 11) is 1.54. The lowest BCUT2D eigenvalue weighted by molar-refractivity contribution is -0.125. The highest BCUT2D eigenvalue weighted by Gasteiger charge is 2.21. The first-order valence-corrected chi connectivity index (χ1v) is 8.20. The van der Waals surface area contributed by atoms with Crippen molar-refractivity contribution in [3.8, 4) is 0 Å². The molecule has 1 aromatic heterocycles. The third-order valence-electron chi connectivity index (χ3n) is 4.32. The third-order valence-corrected chi connectivity index (χ3v) is 4.32. The summed E-state index contributed by atoms with van der Waals surface area (Å²) in [5.41, 5.74) is 0.947. The standard InChI is InChI=1S/C18H24N2O3/c1-22-13-18(21)19-10-14-5-4-8-20(11-14)12-16-9-15-6-2-3-7-17(15)23-16/h2-3,6-7,9,14H,4-5,8,10-13H2,1H3,(H,19,21)/t14-/m0/s1. The zero-order valence-corrected chi connectivity index (χ0v) is 13.6. The summed E-state index contributed by atoms with van der Waals surface area (Å²) in [6.07, 6.45) is 2.31. The Balaban J connectivity index is 1.53. The number of likely N-dealkylation sites (tertiary alicyclic amines) is 1. The molecule has 5 nitrogen and oxygen atoms in total. The van der Waals surface area contributed by atoms with E-state index in [1.54, 1.807) is 0 Å². The van der Waals surface area contributed by atoms with Gasteiger partial charge in [0.25, 0.3) is 0 Å². The minimum atomic E-state index is -0.0399. The normalized spacial score (nSPS) is 19.1. The second-order valence-electron chi connectivity index (χ2n) is 6.23. The summed E-state index contributed by atoms with van der Waals surface area (Å²) in [5, 5.41) is 4.10. The fourth-order valence-electron chi connectivity index (χ4n) is 3.24. The molecule has 1 aliphatic rings. The minimum absolute atomic E-state index is 0.0399. The average molecular weight is 316 g/mol. The van der Waals surface area contributed by atoms with Crippen LogP contribution in [0.2, 0.25) is 0 Å². The second kappa shape index (κ2) is 7.62. The Bertz CT molecular complexity index is 620. The van der Waals surface area contributed by atoms with E-state index in [9.17, 15) is 4.79 Å². The molecule has 0 saturated carbocycles. The van der Waals surface area contributed by atoms with Crippen LogP contribution < -0.4 is 5.32 Å². The SMILES string of the molecule is COCC(=O)NC[C@@H]1CCCN(Cc2cc3ccccc3o2)C1. The summed E-state index contributed by atoms with van der Waals surface area (Å²) >= 11 is 0. The molecule has 2 aromatic rings. The number of rotatable bonds is 6. The van der Waals surface area contributed by atoms with Gasteiger partial charge in [0.15, 0.2) is 0 Å². The molecule has 0 spiro atoms. The fraction of sp³-hybridized carbons (Fsp3) is 0.500. The van der Waals surface area contributed by atoms with Crippen LogP contribution in [0.5, 0.6) is 0 Å². The van der Waals surface area contributed by atoms with Crippen LogP contribution in [-0.2, 0) is 16.1 Å². The highest BCUT2D eigenvalue weighted by molar-refractivity contribution is 5.77. The van der Waals surface area contributed by atoms with Crippen molar-refractivity contribution in [2.45, 2.75) is 19.4 Å². The Hall–Kier alpha value is -1.85. The number of nitrogens with zero attached hydrogens (tertiary/aromatic N) is 1. The van der Waals surface area contributed by atoms with Gasteiger partial charge in [-0.3, -0.25) is 9.69 Å². The lowest BCUT2D eigenvalue weighted by Gasteiger charge is -2.32. The molecule has 1 fully saturated rings. The van der Waals surface area contributed by atoms with Gasteiger partial charge in [-0.1, -0.05) is 18.2 Å². The first kappa shape index (κ1) is 16.0. The first-order chi connectivity index (χ1) is 11.2.